The van der Waals surface area contributed by atoms with Gasteiger partial charge >= 0.3 is 0 Å². The highest BCUT2D eigenvalue weighted by Gasteiger charge is 2.32. The van der Waals surface area contributed by atoms with E-state index in [1.807, 2.05) is 5.38 Å². The van der Waals surface area contributed by atoms with E-state index in [-0.39, 0.29) is 6.10 Å². The van der Waals surface area contributed by atoms with Gasteiger partial charge < -0.3 is 4.74 Å². The molecule has 2 fully saturated rings. The van der Waals surface area contributed by atoms with E-state index in [2.05, 4.69) is 35.2 Å². The predicted octanol–water partition coefficient (Wildman–Crippen LogP) is 3.58. The number of hydrogen-bond acceptors (Lipinski definition) is 5. The first-order valence-electron chi connectivity index (χ1n) is 10.1. The third-order valence-corrected chi connectivity index (χ3v) is 8.93. The highest BCUT2D eigenvalue weighted by molar-refractivity contribution is 7.91. The topological polar surface area (TPSA) is 49.9 Å². The Bertz CT molecular complexity index is 824. The first-order chi connectivity index (χ1) is 13.6. The molecule has 2 aromatic rings. The Balaban J connectivity index is 1.21. The van der Waals surface area contributed by atoms with Crippen LogP contribution in [0, 0.1) is 0 Å². The molecule has 1 aromatic carbocycles. The van der Waals surface area contributed by atoms with Crippen molar-refractivity contribution < 1.29 is 13.2 Å². The van der Waals surface area contributed by atoms with Crippen molar-refractivity contribution in [1.29, 1.82) is 0 Å². The Labute approximate surface area is 172 Å². The Hall–Kier alpha value is -1.25. The Morgan fingerprint density at radius 1 is 0.893 bits per heavy atom. The van der Waals surface area contributed by atoms with Crippen molar-refractivity contribution in [1.82, 2.24) is 9.21 Å². The highest BCUT2D eigenvalue weighted by atomic mass is 32.2. The van der Waals surface area contributed by atoms with Crippen LogP contribution in [0.3, 0.4) is 0 Å². The van der Waals surface area contributed by atoms with Gasteiger partial charge in [0.15, 0.2) is 0 Å². The fourth-order valence-corrected chi connectivity index (χ4v) is 6.68. The molecule has 1 aromatic heterocycles. The number of thiophene rings is 1. The molecule has 4 rings (SSSR count). The molecule has 0 amide bonds. The lowest BCUT2D eigenvalue weighted by atomic mass is 10.0. The second kappa shape index (κ2) is 9.05. The quantitative estimate of drug-likeness (QED) is 0.717. The minimum atomic E-state index is -3.32. The number of nitrogens with zero attached hydrogens (tertiary/aromatic N) is 2. The Morgan fingerprint density at radius 2 is 1.54 bits per heavy atom. The van der Waals surface area contributed by atoms with Crippen LogP contribution in [0.5, 0.6) is 0 Å². The lowest BCUT2D eigenvalue weighted by Gasteiger charge is -2.36. The Kier molecular flexibility index (Phi) is 6.48. The molecule has 2 aliphatic heterocycles. The fourth-order valence-electron chi connectivity index (χ4n) is 4.06. The van der Waals surface area contributed by atoms with Gasteiger partial charge in [-0.1, -0.05) is 36.4 Å². The van der Waals surface area contributed by atoms with Crippen molar-refractivity contribution in [2.45, 2.75) is 48.6 Å². The molecule has 5 nitrogen and oxygen atoms in total. The Morgan fingerprint density at radius 3 is 2.14 bits per heavy atom. The third kappa shape index (κ3) is 4.83. The van der Waals surface area contributed by atoms with Gasteiger partial charge in [-0.2, -0.15) is 4.31 Å². The van der Waals surface area contributed by atoms with E-state index in [1.54, 1.807) is 16.4 Å². The summed E-state index contributed by atoms with van der Waals surface area (Å²) in [4.78, 5) is 2.49. The molecule has 0 unspecified atom stereocenters. The van der Waals surface area contributed by atoms with E-state index >= 15 is 0 Å². The largest absolute Gasteiger partial charge is 0.375 e. The monoisotopic (exact) mass is 420 g/mol. The number of hydrogen-bond donors (Lipinski definition) is 0. The van der Waals surface area contributed by atoms with Gasteiger partial charge in [-0.15, -0.1) is 11.3 Å². The van der Waals surface area contributed by atoms with E-state index in [0.717, 1.165) is 45.3 Å². The number of ether oxygens (including phenoxy) is 1. The molecule has 0 bridgehead atoms. The van der Waals surface area contributed by atoms with Crippen LogP contribution < -0.4 is 0 Å². The van der Waals surface area contributed by atoms with Crippen molar-refractivity contribution in [2.75, 3.05) is 26.2 Å². The maximum atomic E-state index is 12.6. The van der Waals surface area contributed by atoms with Gasteiger partial charge in [0.05, 0.1) is 12.2 Å². The average Bonchev–Trinajstić information content (AvgIpc) is 3.27. The van der Waals surface area contributed by atoms with Crippen molar-refractivity contribution in [3.05, 3.63) is 53.4 Å². The second-order valence-electron chi connectivity index (χ2n) is 7.63. The van der Waals surface area contributed by atoms with E-state index in [1.165, 1.54) is 16.9 Å². The maximum Gasteiger partial charge on any atom is 0.252 e. The smallest absolute Gasteiger partial charge is 0.252 e. The minimum absolute atomic E-state index is 0.181. The van der Waals surface area contributed by atoms with E-state index in [0.29, 0.717) is 23.4 Å². The molecule has 0 aliphatic carbocycles. The normalized spacial score (nSPS) is 21.1. The number of rotatable bonds is 6. The summed E-state index contributed by atoms with van der Waals surface area (Å²) in [7, 11) is -3.32. The molecule has 3 heterocycles. The maximum absolute atomic E-state index is 12.6. The zero-order chi connectivity index (χ0) is 19.4. The minimum Gasteiger partial charge on any atom is -0.375 e. The van der Waals surface area contributed by atoms with Crippen molar-refractivity contribution in [2.24, 2.45) is 0 Å². The van der Waals surface area contributed by atoms with Crippen molar-refractivity contribution >= 4 is 21.4 Å². The van der Waals surface area contributed by atoms with Crippen molar-refractivity contribution in [3.8, 4) is 0 Å². The van der Waals surface area contributed by atoms with Crippen LogP contribution in [0.2, 0.25) is 0 Å². The van der Waals surface area contributed by atoms with E-state index in [9.17, 15) is 8.42 Å². The predicted molar refractivity (Wildman–Crippen MR) is 112 cm³/mol. The van der Waals surface area contributed by atoms with Gasteiger partial charge in [0.2, 0.25) is 0 Å². The number of sulfonamides is 1. The fraction of sp³-hybridized carbons (Fsp3) is 0.524. The summed E-state index contributed by atoms with van der Waals surface area (Å²) < 4.78 is 33.6. The zero-order valence-corrected chi connectivity index (χ0v) is 17.7. The zero-order valence-electron chi connectivity index (χ0n) is 16.1. The molecule has 2 saturated heterocycles. The molecular weight excluding hydrogens is 392 g/mol. The van der Waals surface area contributed by atoms with Gasteiger partial charge in [-0.05, 0) is 42.7 Å². The molecule has 7 heteroatoms. The van der Waals surface area contributed by atoms with Crippen LogP contribution in [0.15, 0.2) is 52.1 Å². The van der Waals surface area contributed by atoms with Crippen LogP contribution >= 0.6 is 11.3 Å². The second-order valence-corrected chi connectivity index (χ2v) is 10.7. The molecule has 28 heavy (non-hydrogen) atoms. The molecular formula is C21H28N2O3S2. The molecule has 0 saturated carbocycles. The molecule has 0 atom stereocenters. The van der Waals surface area contributed by atoms with Crippen LogP contribution in [0.1, 0.15) is 31.2 Å². The molecule has 0 spiro atoms. The molecule has 0 N–H and O–H groups in total. The van der Waals surface area contributed by atoms with Gasteiger partial charge in [0.25, 0.3) is 10.0 Å². The average molecular weight is 421 g/mol. The first kappa shape index (κ1) is 20.0. The number of benzene rings is 1. The summed E-state index contributed by atoms with van der Waals surface area (Å²) in [5.74, 6) is 0. The number of likely N-dealkylation sites (tertiary alicyclic amines) is 1. The molecule has 2 aliphatic rings. The summed E-state index contributed by atoms with van der Waals surface area (Å²) in [5.41, 5.74) is 1.36. The van der Waals surface area contributed by atoms with Crippen LogP contribution in [-0.2, 0) is 21.3 Å². The summed E-state index contributed by atoms with van der Waals surface area (Å²) in [5, 5.41) is 1.81. The van der Waals surface area contributed by atoms with Gasteiger partial charge in [0, 0.05) is 32.7 Å². The first-order valence-corrected chi connectivity index (χ1v) is 12.4. The van der Waals surface area contributed by atoms with Gasteiger partial charge in [-0.25, -0.2) is 8.42 Å². The standard InChI is InChI=1S/C21H28N2O3S2/c24-28(25,21-7-4-16-27-21)23-14-10-20(11-15-23)26-19-8-12-22(13-9-19)17-18-5-2-1-3-6-18/h1-7,16,19-20H,8-15,17H2. The highest BCUT2D eigenvalue weighted by Crippen LogP contribution is 2.27. The lowest BCUT2D eigenvalue weighted by Crippen LogP contribution is -2.43. The van der Waals surface area contributed by atoms with Crippen LogP contribution in [0.25, 0.3) is 0 Å². The van der Waals surface area contributed by atoms with Gasteiger partial charge in [-0.3, -0.25) is 4.90 Å². The molecule has 152 valence electrons. The third-order valence-electron chi connectivity index (χ3n) is 5.66. The summed E-state index contributed by atoms with van der Waals surface area (Å²) in [6, 6.07) is 14.1. The summed E-state index contributed by atoms with van der Waals surface area (Å²) in [6.45, 7) is 4.23. The SMILES string of the molecule is O=S(=O)(c1cccs1)N1CCC(OC2CCN(Cc3ccccc3)CC2)CC1. The van der Waals surface area contributed by atoms with Gasteiger partial charge in [0.1, 0.15) is 4.21 Å². The summed E-state index contributed by atoms with van der Waals surface area (Å²) in [6.07, 6.45) is 4.17. The van der Waals surface area contributed by atoms with Crippen LogP contribution in [-0.4, -0.2) is 56.0 Å². The number of piperidine rings is 2. The van der Waals surface area contributed by atoms with Crippen molar-refractivity contribution in [3.63, 3.8) is 0 Å². The lowest BCUT2D eigenvalue weighted by molar-refractivity contribution is -0.0595. The van der Waals surface area contributed by atoms with E-state index in [4.69, 9.17) is 4.74 Å². The van der Waals surface area contributed by atoms with E-state index < -0.39 is 10.0 Å². The summed E-state index contributed by atoms with van der Waals surface area (Å²) >= 11 is 1.29. The molecule has 0 radical (unpaired) electrons. The van der Waals surface area contributed by atoms with Crippen LogP contribution in [0.4, 0.5) is 0 Å².